The zero-order valence-corrected chi connectivity index (χ0v) is 26.0. The lowest BCUT2D eigenvalue weighted by Crippen LogP contribution is -2.18. The second-order valence-corrected chi connectivity index (χ2v) is 14.9. The van der Waals surface area contributed by atoms with Gasteiger partial charge in [-0.25, -0.2) is 4.39 Å². The monoisotopic (exact) mass is 617 g/mol. The van der Waals surface area contributed by atoms with Gasteiger partial charge in [0.15, 0.2) is 11.6 Å². The first kappa shape index (κ1) is 30.7. The van der Waals surface area contributed by atoms with E-state index in [1.807, 2.05) is 36.5 Å². The van der Waals surface area contributed by atoms with Crippen molar-refractivity contribution >= 4 is 39.8 Å². The number of fused-ring (bicyclic) bond motifs is 1. The molecule has 0 aliphatic carbocycles. The number of carbonyl (C=O) groups is 1. The summed E-state index contributed by atoms with van der Waals surface area (Å²) in [5.74, 6) is -0.0197. The normalized spacial score (nSPS) is 11.6. The highest BCUT2D eigenvalue weighted by atomic mass is 32.1. The van der Waals surface area contributed by atoms with Crippen molar-refractivity contribution in [3.8, 4) is 22.1 Å². The molecule has 0 saturated heterocycles. The number of carbonyl (C=O) groups excluding carboxylic acids is 1. The fraction of sp³-hybridized carbons (Fsp3) is 0.242. The first-order valence-corrected chi connectivity index (χ1v) is 17.3. The number of methoxy groups -OCH3 is 1. The molecule has 0 atom stereocenters. The number of rotatable bonds is 13. The number of hydrogen-bond acceptors (Lipinski definition) is 8. The van der Waals surface area contributed by atoms with Crippen molar-refractivity contribution in [2.75, 3.05) is 33.6 Å². The Morgan fingerprint density at radius 3 is 2.37 bits per heavy atom. The smallest absolute Gasteiger partial charge is 0.166 e. The quantitative estimate of drug-likeness (QED) is 0.117. The maximum absolute atomic E-state index is 15.1. The molecule has 5 aromatic rings. The predicted molar refractivity (Wildman–Crippen MR) is 171 cm³/mol. The van der Waals surface area contributed by atoms with Crippen LogP contribution in [0.5, 0.6) is 11.5 Å². The first-order valence-electron chi connectivity index (χ1n) is 13.9. The minimum Gasteiger partial charge on any atom is -0.453 e. The van der Waals surface area contributed by atoms with Gasteiger partial charge < -0.3 is 19.4 Å². The molecule has 43 heavy (non-hydrogen) atoms. The van der Waals surface area contributed by atoms with Gasteiger partial charge in [0, 0.05) is 56.8 Å². The number of benzene rings is 2. The van der Waals surface area contributed by atoms with E-state index < -0.39 is 13.0 Å². The van der Waals surface area contributed by atoms with Crippen molar-refractivity contribution in [1.29, 1.82) is 0 Å². The van der Waals surface area contributed by atoms with E-state index in [1.54, 1.807) is 57.0 Å². The topological polar surface area (TPSA) is 90.4 Å². The van der Waals surface area contributed by atoms with Crippen molar-refractivity contribution in [3.05, 3.63) is 102 Å². The summed E-state index contributed by atoms with van der Waals surface area (Å²) in [7, 11) is -0.670. The van der Waals surface area contributed by atoms with Gasteiger partial charge in [-0.2, -0.15) is 0 Å². The molecule has 0 bridgehead atoms. The molecule has 3 aromatic heterocycles. The predicted octanol–water partition coefficient (Wildman–Crippen LogP) is 6.63. The van der Waals surface area contributed by atoms with Crippen LogP contribution in [0.15, 0.2) is 79.1 Å². The van der Waals surface area contributed by atoms with Crippen LogP contribution in [0.3, 0.4) is 0 Å². The maximum atomic E-state index is 15.1. The van der Waals surface area contributed by atoms with E-state index in [-0.39, 0.29) is 24.4 Å². The highest BCUT2D eigenvalue weighted by Gasteiger charge is 2.15. The Morgan fingerprint density at radius 1 is 0.930 bits per heavy atom. The number of Topliss-reactive ketones (excluding diaryl/α,β-unsaturated/α-hetero) is 1. The van der Waals surface area contributed by atoms with E-state index >= 15 is 4.39 Å². The van der Waals surface area contributed by atoms with Crippen LogP contribution in [0.2, 0.25) is 0 Å². The summed E-state index contributed by atoms with van der Waals surface area (Å²) < 4.78 is 39.2. The average molecular weight is 618 g/mol. The number of ketones is 1. The average Bonchev–Trinajstić information content (AvgIpc) is 3.42. The molecule has 10 heteroatoms. The number of nitrogens with one attached hydrogen (secondary N) is 1. The lowest BCUT2D eigenvalue weighted by molar-refractivity contribution is -0.117. The number of aromatic nitrogens is 2. The highest BCUT2D eigenvalue weighted by Crippen LogP contribution is 2.39. The Morgan fingerprint density at radius 2 is 1.67 bits per heavy atom. The molecule has 0 unspecified atom stereocenters. The molecule has 222 valence electrons. The Kier molecular flexibility index (Phi) is 9.78. The van der Waals surface area contributed by atoms with Gasteiger partial charge in [-0.3, -0.25) is 14.8 Å². The van der Waals surface area contributed by atoms with Crippen molar-refractivity contribution < 1.29 is 23.2 Å². The lowest BCUT2D eigenvalue weighted by Gasteiger charge is -2.10. The number of halogens is 1. The molecule has 0 saturated carbocycles. The van der Waals surface area contributed by atoms with Crippen LogP contribution in [-0.4, -0.2) is 49.3 Å². The zero-order valence-electron chi connectivity index (χ0n) is 24.3. The summed E-state index contributed by atoms with van der Waals surface area (Å²) in [4.78, 5) is 22.7. The van der Waals surface area contributed by atoms with Crippen molar-refractivity contribution in [1.82, 2.24) is 15.3 Å². The largest absolute Gasteiger partial charge is 0.453 e. The standard InChI is InChI=1S/C33H33FN3O4PS/c1-40-15-14-35-20-24-6-10-28(37-21-24)32-19-29-33(43-32)31(12-13-36-29)41-30-11-7-23(18-27(30)34)17-25(38)16-22-4-8-26(9-5-22)42(2,3)39/h4-13,18-19,21,35H,14-17,20H2,1-3H3. The third kappa shape index (κ3) is 8.00. The molecular weight excluding hydrogens is 584 g/mol. The number of thiophene rings is 1. The van der Waals surface area contributed by atoms with Crippen molar-refractivity contribution in [3.63, 3.8) is 0 Å². The molecule has 0 aliphatic rings. The second kappa shape index (κ2) is 13.7. The molecule has 0 radical (unpaired) electrons. The zero-order chi connectivity index (χ0) is 30.4. The van der Waals surface area contributed by atoms with E-state index in [2.05, 4.69) is 15.3 Å². The van der Waals surface area contributed by atoms with E-state index in [9.17, 15) is 9.36 Å². The van der Waals surface area contributed by atoms with Crippen LogP contribution in [0.25, 0.3) is 20.8 Å². The van der Waals surface area contributed by atoms with Gasteiger partial charge in [-0.1, -0.05) is 36.4 Å². The molecule has 0 amide bonds. The molecule has 3 heterocycles. The molecule has 5 rings (SSSR count). The number of ether oxygens (including phenoxy) is 2. The summed E-state index contributed by atoms with van der Waals surface area (Å²) in [5, 5.41) is 4.08. The van der Waals surface area contributed by atoms with Crippen LogP contribution in [0.1, 0.15) is 16.7 Å². The maximum Gasteiger partial charge on any atom is 0.166 e. The first-order chi connectivity index (χ1) is 20.7. The van der Waals surface area contributed by atoms with Gasteiger partial charge >= 0.3 is 0 Å². The highest BCUT2D eigenvalue weighted by molar-refractivity contribution is 7.70. The third-order valence-electron chi connectivity index (χ3n) is 6.84. The van der Waals surface area contributed by atoms with Crippen LogP contribution in [0.4, 0.5) is 4.39 Å². The third-order valence-corrected chi connectivity index (χ3v) is 9.55. The Balaban J connectivity index is 1.24. The number of hydrogen-bond donors (Lipinski definition) is 1. The van der Waals surface area contributed by atoms with E-state index in [1.165, 1.54) is 17.4 Å². The molecule has 7 nitrogen and oxygen atoms in total. The fourth-order valence-corrected chi connectivity index (χ4v) is 6.46. The molecule has 0 spiro atoms. The summed E-state index contributed by atoms with van der Waals surface area (Å²) >= 11 is 1.48. The number of pyridine rings is 2. The SMILES string of the molecule is COCCNCc1ccc(-c2cc3nccc(Oc4ccc(CC(=O)Cc5ccc(P(C)(C)=O)cc5)cc4F)c3s2)nc1. The Labute approximate surface area is 254 Å². The minimum absolute atomic E-state index is 0.0389. The van der Waals surface area contributed by atoms with Crippen LogP contribution < -0.4 is 15.4 Å². The summed E-state index contributed by atoms with van der Waals surface area (Å²) in [5.41, 5.74) is 4.03. The Hall–Kier alpha value is -3.75. The second-order valence-electron chi connectivity index (χ2n) is 10.6. The van der Waals surface area contributed by atoms with Gasteiger partial charge in [0.1, 0.15) is 18.7 Å². The molecule has 0 fully saturated rings. The molecule has 1 N–H and O–H groups in total. The minimum atomic E-state index is -2.35. The lowest BCUT2D eigenvalue weighted by atomic mass is 10.0. The van der Waals surface area contributed by atoms with Gasteiger partial charge in [-0.15, -0.1) is 11.3 Å². The van der Waals surface area contributed by atoms with Gasteiger partial charge in [0.2, 0.25) is 0 Å². The fourth-order valence-electron chi connectivity index (χ4n) is 4.55. The van der Waals surface area contributed by atoms with Gasteiger partial charge in [0.25, 0.3) is 0 Å². The van der Waals surface area contributed by atoms with E-state index in [4.69, 9.17) is 9.47 Å². The van der Waals surface area contributed by atoms with Crippen LogP contribution in [-0.2, 0) is 33.5 Å². The summed E-state index contributed by atoms with van der Waals surface area (Å²) in [6.45, 7) is 5.56. The Bertz CT molecular complexity index is 1770. The van der Waals surface area contributed by atoms with Gasteiger partial charge in [0.05, 0.1) is 27.4 Å². The molecule has 2 aromatic carbocycles. The van der Waals surface area contributed by atoms with E-state index in [0.717, 1.165) is 43.8 Å². The van der Waals surface area contributed by atoms with Crippen molar-refractivity contribution in [2.24, 2.45) is 0 Å². The van der Waals surface area contributed by atoms with Crippen molar-refractivity contribution in [2.45, 2.75) is 19.4 Å². The summed E-state index contributed by atoms with van der Waals surface area (Å²) in [6, 6.07) is 19.5. The van der Waals surface area contributed by atoms with Gasteiger partial charge in [-0.05, 0) is 54.3 Å². The van der Waals surface area contributed by atoms with Crippen LogP contribution in [0, 0.1) is 5.82 Å². The van der Waals surface area contributed by atoms with E-state index in [0.29, 0.717) is 24.5 Å². The van der Waals surface area contributed by atoms with Crippen LogP contribution >= 0.6 is 18.5 Å². The summed E-state index contributed by atoms with van der Waals surface area (Å²) in [6.07, 6.45) is 3.80. The number of nitrogens with zero attached hydrogens (tertiary/aromatic N) is 2. The molecular formula is C33H33FN3O4PS. The molecule has 0 aliphatic heterocycles.